The minimum atomic E-state index is -0.469. The number of hydrogen-bond donors (Lipinski definition) is 2. The number of H-pyrrole nitrogens is 1. The van der Waals surface area contributed by atoms with Crippen molar-refractivity contribution in [1.29, 1.82) is 0 Å². The van der Waals surface area contributed by atoms with Crippen LogP contribution in [0.15, 0.2) is 6.20 Å². The summed E-state index contributed by atoms with van der Waals surface area (Å²) < 4.78 is 5.49. The van der Waals surface area contributed by atoms with Gasteiger partial charge in [-0.3, -0.25) is 5.10 Å². The fourth-order valence-corrected chi connectivity index (χ4v) is 1.58. The van der Waals surface area contributed by atoms with Gasteiger partial charge in [0.05, 0.1) is 12.3 Å². The highest BCUT2D eigenvalue weighted by Gasteiger charge is 1.99. The minimum Gasteiger partial charge on any atom is -0.381 e. The number of ether oxygens (including phenoxy) is 1. The fraction of sp³-hybridized carbons (Fsp3) is 0.692. The third-order valence-corrected chi connectivity index (χ3v) is 2.55. The zero-order valence-electron chi connectivity index (χ0n) is 10.9. The Morgan fingerprint density at radius 3 is 3.00 bits per heavy atom. The van der Waals surface area contributed by atoms with Gasteiger partial charge in [0.15, 0.2) is 0 Å². The van der Waals surface area contributed by atoms with E-state index in [9.17, 15) is 5.11 Å². The first-order valence-electron chi connectivity index (χ1n) is 6.36. The first kappa shape index (κ1) is 14.7. The highest BCUT2D eigenvalue weighted by atomic mass is 16.5. The van der Waals surface area contributed by atoms with E-state index in [-0.39, 0.29) is 0 Å². The summed E-state index contributed by atoms with van der Waals surface area (Å²) in [4.78, 5) is 0. The van der Waals surface area contributed by atoms with Crippen molar-refractivity contribution in [3.05, 3.63) is 11.9 Å². The maximum atomic E-state index is 9.37. The van der Waals surface area contributed by atoms with E-state index in [2.05, 4.69) is 27.3 Å². The van der Waals surface area contributed by atoms with E-state index in [1.54, 1.807) is 13.1 Å². The van der Waals surface area contributed by atoms with Crippen LogP contribution in [0.5, 0.6) is 0 Å². The van der Waals surface area contributed by atoms with Gasteiger partial charge in [0.25, 0.3) is 0 Å². The summed E-state index contributed by atoms with van der Waals surface area (Å²) in [5.41, 5.74) is 0.927. The molecule has 1 unspecified atom stereocenters. The molecule has 0 bridgehead atoms. The molecule has 5 nitrogen and oxygen atoms in total. The molecular formula is C13H21N3O2. The van der Waals surface area contributed by atoms with Crippen LogP contribution in [0.1, 0.15) is 38.3 Å². The Morgan fingerprint density at radius 2 is 2.28 bits per heavy atom. The van der Waals surface area contributed by atoms with Gasteiger partial charge in [0, 0.05) is 19.2 Å². The Kier molecular flexibility index (Phi) is 7.85. The summed E-state index contributed by atoms with van der Waals surface area (Å²) in [6.07, 6.45) is 5.92. The second-order valence-corrected chi connectivity index (χ2v) is 4.09. The normalized spacial score (nSPS) is 11.9. The molecule has 0 saturated carbocycles. The molecule has 5 heteroatoms. The highest BCUT2D eigenvalue weighted by molar-refractivity contribution is 5.01. The number of nitrogens with zero attached hydrogens (tertiary/aromatic N) is 2. The molecule has 0 radical (unpaired) electrons. The summed E-state index contributed by atoms with van der Waals surface area (Å²) in [5, 5.41) is 19.5. The molecule has 1 rings (SSSR count). The molecule has 0 aliphatic heterocycles. The van der Waals surface area contributed by atoms with Gasteiger partial charge in [0.2, 0.25) is 0 Å². The van der Waals surface area contributed by atoms with Gasteiger partial charge < -0.3 is 9.84 Å². The van der Waals surface area contributed by atoms with Crippen molar-refractivity contribution in [2.24, 2.45) is 0 Å². The quantitative estimate of drug-likeness (QED) is 0.513. The van der Waals surface area contributed by atoms with E-state index in [0.29, 0.717) is 6.61 Å². The zero-order chi connectivity index (χ0) is 13.1. The smallest absolute Gasteiger partial charge is 0.114 e. The van der Waals surface area contributed by atoms with Crippen molar-refractivity contribution in [2.75, 3.05) is 13.2 Å². The lowest BCUT2D eigenvalue weighted by Crippen LogP contribution is -2.03. The Labute approximate surface area is 108 Å². The first-order valence-corrected chi connectivity index (χ1v) is 6.36. The standard InChI is InChI=1S/C13H21N3O2/c1-2-6-13(17)7-4-3-5-9-18-10-8-12-11-14-16-15-12/h11,13,17H,3-5,7-10H2,1H3,(H,14,15,16). The molecule has 0 fully saturated rings. The number of unbranched alkanes of at least 4 members (excludes halogenated alkanes) is 2. The number of nitrogens with one attached hydrogen (secondary N) is 1. The van der Waals surface area contributed by atoms with E-state index >= 15 is 0 Å². The Balaban J connectivity index is 1.85. The van der Waals surface area contributed by atoms with Crippen molar-refractivity contribution in [3.8, 4) is 11.8 Å². The third-order valence-electron chi connectivity index (χ3n) is 2.55. The van der Waals surface area contributed by atoms with Crippen LogP contribution in [-0.2, 0) is 11.2 Å². The maximum absolute atomic E-state index is 9.37. The molecule has 1 atom stereocenters. The molecule has 0 saturated heterocycles. The van der Waals surface area contributed by atoms with Gasteiger partial charge in [-0.2, -0.15) is 0 Å². The zero-order valence-corrected chi connectivity index (χ0v) is 10.9. The Bertz CT molecular complexity index is 354. The molecule has 0 aliphatic rings. The molecule has 18 heavy (non-hydrogen) atoms. The summed E-state index contributed by atoms with van der Waals surface area (Å²) in [5.74, 6) is 5.44. The molecule has 0 aromatic carbocycles. The monoisotopic (exact) mass is 251 g/mol. The number of aliphatic hydroxyl groups excluding tert-OH is 1. The van der Waals surface area contributed by atoms with Crippen LogP contribution >= 0.6 is 0 Å². The lowest BCUT2D eigenvalue weighted by Gasteiger charge is -2.04. The third kappa shape index (κ3) is 7.05. The summed E-state index contributed by atoms with van der Waals surface area (Å²) >= 11 is 0. The van der Waals surface area contributed by atoms with Crippen molar-refractivity contribution >= 4 is 0 Å². The maximum Gasteiger partial charge on any atom is 0.114 e. The molecule has 0 amide bonds. The molecule has 1 aromatic rings. The predicted molar refractivity (Wildman–Crippen MR) is 68.8 cm³/mol. The number of aromatic amines is 1. The van der Waals surface area contributed by atoms with E-state index in [4.69, 9.17) is 4.74 Å². The largest absolute Gasteiger partial charge is 0.381 e. The van der Waals surface area contributed by atoms with E-state index in [0.717, 1.165) is 44.4 Å². The molecule has 0 spiro atoms. The van der Waals surface area contributed by atoms with Crippen LogP contribution in [-0.4, -0.2) is 39.8 Å². The Hall–Kier alpha value is -1.38. The van der Waals surface area contributed by atoms with Crippen molar-refractivity contribution in [2.45, 2.75) is 45.1 Å². The summed E-state index contributed by atoms with van der Waals surface area (Å²) in [7, 11) is 0. The second kappa shape index (κ2) is 9.63. The topological polar surface area (TPSA) is 71.0 Å². The first-order chi connectivity index (χ1) is 8.83. The second-order valence-electron chi connectivity index (χ2n) is 4.09. The molecule has 1 heterocycles. The van der Waals surface area contributed by atoms with Crippen molar-refractivity contribution in [1.82, 2.24) is 15.4 Å². The van der Waals surface area contributed by atoms with Gasteiger partial charge in [0.1, 0.15) is 6.10 Å². The fourth-order valence-electron chi connectivity index (χ4n) is 1.58. The molecule has 1 aromatic heterocycles. The van der Waals surface area contributed by atoms with Crippen LogP contribution < -0.4 is 0 Å². The number of hydrogen-bond acceptors (Lipinski definition) is 4. The van der Waals surface area contributed by atoms with Crippen molar-refractivity contribution < 1.29 is 9.84 Å². The highest BCUT2D eigenvalue weighted by Crippen LogP contribution is 2.03. The summed E-state index contributed by atoms with van der Waals surface area (Å²) in [6.45, 7) is 3.18. The summed E-state index contributed by atoms with van der Waals surface area (Å²) in [6, 6.07) is 0. The van der Waals surface area contributed by atoms with E-state index in [1.807, 2.05) is 0 Å². The van der Waals surface area contributed by atoms with E-state index < -0.39 is 6.10 Å². The van der Waals surface area contributed by atoms with Crippen LogP contribution in [0.25, 0.3) is 0 Å². The average Bonchev–Trinajstić information content (AvgIpc) is 2.86. The van der Waals surface area contributed by atoms with Crippen LogP contribution in [0.3, 0.4) is 0 Å². The van der Waals surface area contributed by atoms with Crippen LogP contribution in [0.2, 0.25) is 0 Å². The van der Waals surface area contributed by atoms with Gasteiger partial charge in [-0.1, -0.05) is 17.6 Å². The number of aliphatic hydroxyl groups is 1. The number of aromatic nitrogens is 3. The van der Waals surface area contributed by atoms with Gasteiger partial charge in [-0.25, -0.2) is 0 Å². The average molecular weight is 251 g/mol. The minimum absolute atomic E-state index is 0.469. The van der Waals surface area contributed by atoms with Crippen LogP contribution in [0.4, 0.5) is 0 Å². The number of rotatable bonds is 9. The lowest BCUT2D eigenvalue weighted by molar-refractivity contribution is 0.131. The molecule has 0 aliphatic carbocycles. The SMILES string of the molecule is CC#CC(O)CCCCCOCCc1c[nH]nn1. The lowest BCUT2D eigenvalue weighted by atomic mass is 10.1. The molecular weight excluding hydrogens is 230 g/mol. The molecule has 2 N–H and O–H groups in total. The van der Waals surface area contributed by atoms with Gasteiger partial charge in [-0.15, -0.1) is 11.0 Å². The van der Waals surface area contributed by atoms with Gasteiger partial charge in [-0.05, 0) is 26.2 Å². The van der Waals surface area contributed by atoms with E-state index in [1.165, 1.54) is 0 Å². The molecule has 100 valence electrons. The predicted octanol–water partition coefficient (Wildman–Crippen LogP) is 1.31. The van der Waals surface area contributed by atoms with Gasteiger partial charge >= 0.3 is 0 Å². The van der Waals surface area contributed by atoms with Crippen LogP contribution in [0, 0.1) is 11.8 Å². The van der Waals surface area contributed by atoms with Crippen molar-refractivity contribution in [3.63, 3.8) is 0 Å². The Morgan fingerprint density at radius 1 is 1.39 bits per heavy atom.